The molecule has 0 aliphatic carbocycles. The molecule has 0 saturated carbocycles. The van der Waals surface area contributed by atoms with Crippen molar-refractivity contribution in [2.75, 3.05) is 26.2 Å². The van der Waals surface area contributed by atoms with E-state index in [0.717, 1.165) is 38.4 Å². The minimum atomic E-state index is -0.317. The minimum absolute atomic E-state index is 0.317. The van der Waals surface area contributed by atoms with E-state index in [1.807, 2.05) is 5.38 Å². The molecule has 1 aliphatic heterocycles. The van der Waals surface area contributed by atoms with Crippen molar-refractivity contribution in [3.63, 3.8) is 0 Å². The first-order chi connectivity index (χ1) is 9.63. The fourth-order valence-corrected chi connectivity index (χ4v) is 3.11. The Kier molecular flexibility index (Phi) is 5.47. The van der Waals surface area contributed by atoms with Crippen LogP contribution in [0.15, 0.2) is 5.38 Å². The van der Waals surface area contributed by atoms with Crippen LogP contribution in [0.4, 0.5) is 0 Å². The number of thiazole rings is 1. The van der Waals surface area contributed by atoms with Crippen LogP contribution >= 0.6 is 11.3 Å². The second kappa shape index (κ2) is 7.12. The number of nitrogen functional groups attached to an aromatic ring is 1. The van der Waals surface area contributed by atoms with Crippen LogP contribution in [0.3, 0.4) is 0 Å². The maximum Gasteiger partial charge on any atom is 0.294 e. The molecular weight excluding hydrogens is 274 g/mol. The second-order valence-corrected chi connectivity index (χ2v) is 6.04. The molecule has 7 heteroatoms. The molecule has 0 radical (unpaired) electrons. The Morgan fingerprint density at radius 2 is 2.20 bits per heavy atom. The number of nitrogens with one attached hydrogen (secondary N) is 1. The van der Waals surface area contributed by atoms with E-state index in [1.165, 1.54) is 17.8 Å². The van der Waals surface area contributed by atoms with Gasteiger partial charge in [-0.05, 0) is 13.3 Å². The number of aromatic nitrogens is 1. The summed E-state index contributed by atoms with van der Waals surface area (Å²) < 4.78 is 0. The van der Waals surface area contributed by atoms with Gasteiger partial charge in [-0.25, -0.2) is 10.8 Å². The van der Waals surface area contributed by atoms with Gasteiger partial charge in [0.25, 0.3) is 5.91 Å². The average molecular weight is 297 g/mol. The average Bonchev–Trinajstić information content (AvgIpc) is 2.95. The molecule has 1 unspecified atom stereocenters. The highest BCUT2D eigenvalue weighted by atomic mass is 32.1. The molecular formula is C13H23N5OS. The number of piperazine rings is 1. The third kappa shape index (κ3) is 3.76. The summed E-state index contributed by atoms with van der Waals surface area (Å²) in [6.45, 7) is 9.65. The minimum Gasteiger partial charge on any atom is -0.298 e. The normalized spacial score (nSPS) is 18.9. The van der Waals surface area contributed by atoms with E-state index in [-0.39, 0.29) is 5.91 Å². The summed E-state index contributed by atoms with van der Waals surface area (Å²) in [6.07, 6.45) is 1.20. The summed E-state index contributed by atoms with van der Waals surface area (Å²) in [5, 5.41) is 2.37. The van der Waals surface area contributed by atoms with Gasteiger partial charge in [0.2, 0.25) is 0 Å². The lowest BCUT2D eigenvalue weighted by atomic mass is 10.2. The van der Waals surface area contributed by atoms with E-state index in [9.17, 15) is 4.79 Å². The number of carbonyl (C=O) groups is 1. The predicted molar refractivity (Wildman–Crippen MR) is 80.4 cm³/mol. The molecule has 2 heterocycles. The SMILES string of the molecule is CCC(C)N1CCN(Cc2csc(C(=O)NN)n2)CC1. The number of rotatable bonds is 5. The number of nitrogens with zero attached hydrogens (tertiary/aromatic N) is 3. The third-order valence-electron chi connectivity index (χ3n) is 3.88. The van der Waals surface area contributed by atoms with Crippen LogP contribution < -0.4 is 11.3 Å². The number of carbonyl (C=O) groups excluding carboxylic acids is 1. The Bertz CT molecular complexity index is 442. The van der Waals surface area contributed by atoms with Crippen LogP contribution in [0.25, 0.3) is 0 Å². The Labute approximate surface area is 123 Å². The fraction of sp³-hybridized carbons (Fsp3) is 0.692. The van der Waals surface area contributed by atoms with Crippen LogP contribution in [-0.4, -0.2) is 52.9 Å². The van der Waals surface area contributed by atoms with Gasteiger partial charge < -0.3 is 0 Å². The van der Waals surface area contributed by atoms with Crippen molar-refractivity contribution in [3.05, 3.63) is 16.1 Å². The molecule has 112 valence electrons. The molecule has 1 saturated heterocycles. The maximum atomic E-state index is 11.4. The molecule has 1 aromatic heterocycles. The second-order valence-electron chi connectivity index (χ2n) is 5.19. The number of hydrogen-bond acceptors (Lipinski definition) is 6. The topological polar surface area (TPSA) is 74.5 Å². The number of hydrazine groups is 1. The third-order valence-corrected chi connectivity index (χ3v) is 4.77. The quantitative estimate of drug-likeness (QED) is 0.474. The molecule has 1 atom stereocenters. The van der Waals surface area contributed by atoms with Crippen molar-refractivity contribution in [1.29, 1.82) is 0 Å². The molecule has 0 spiro atoms. The van der Waals surface area contributed by atoms with Crippen LogP contribution in [0.2, 0.25) is 0 Å². The predicted octanol–water partition coefficient (Wildman–Crippen LogP) is 0.663. The first-order valence-electron chi connectivity index (χ1n) is 7.05. The molecule has 1 fully saturated rings. The van der Waals surface area contributed by atoms with Gasteiger partial charge in [-0.3, -0.25) is 20.0 Å². The zero-order valence-corrected chi connectivity index (χ0v) is 12.9. The zero-order chi connectivity index (χ0) is 14.5. The molecule has 3 N–H and O–H groups in total. The van der Waals surface area contributed by atoms with Crippen molar-refractivity contribution >= 4 is 17.2 Å². The van der Waals surface area contributed by atoms with E-state index in [1.54, 1.807) is 0 Å². The molecule has 0 aromatic carbocycles. The standard InChI is InChI=1S/C13H23N5OS/c1-3-10(2)18-6-4-17(5-7-18)8-11-9-20-13(15-11)12(19)16-14/h9-10H,3-8,14H2,1-2H3,(H,16,19). The lowest BCUT2D eigenvalue weighted by molar-refractivity contribution is 0.0941. The van der Waals surface area contributed by atoms with E-state index in [0.29, 0.717) is 11.0 Å². The lowest BCUT2D eigenvalue weighted by Crippen LogP contribution is -2.49. The fourth-order valence-electron chi connectivity index (χ4n) is 2.40. The summed E-state index contributed by atoms with van der Waals surface area (Å²) in [5.74, 6) is 4.79. The zero-order valence-electron chi connectivity index (χ0n) is 12.1. The monoisotopic (exact) mass is 297 g/mol. The van der Waals surface area contributed by atoms with Crippen molar-refractivity contribution in [2.24, 2.45) is 5.84 Å². The van der Waals surface area contributed by atoms with Crippen molar-refractivity contribution < 1.29 is 4.79 Å². The highest BCUT2D eigenvalue weighted by Crippen LogP contribution is 2.14. The summed E-state index contributed by atoms with van der Waals surface area (Å²) >= 11 is 1.34. The largest absolute Gasteiger partial charge is 0.298 e. The van der Waals surface area contributed by atoms with Gasteiger partial charge in [0.15, 0.2) is 5.01 Å². The Balaban J connectivity index is 1.83. The van der Waals surface area contributed by atoms with Gasteiger partial charge in [0.1, 0.15) is 0 Å². The maximum absolute atomic E-state index is 11.4. The summed E-state index contributed by atoms with van der Waals surface area (Å²) in [5.41, 5.74) is 3.06. The Morgan fingerprint density at radius 1 is 1.50 bits per heavy atom. The number of amides is 1. The Hall–Kier alpha value is -1.02. The lowest BCUT2D eigenvalue weighted by Gasteiger charge is -2.37. The number of hydrogen-bond donors (Lipinski definition) is 2. The van der Waals surface area contributed by atoms with Crippen LogP contribution in [0.5, 0.6) is 0 Å². The van der Waals surface area contributed by atoms with Gasteiger partial charge in [0.05, 0.1) is 5.69 Å². The molecule has 1 amide bonds. The smallest absolute Gasteiger partial charge is 0.294 e. The first kappa shape index (κ1) is 15.4. The molecule has 1 aliphatic rings. The molecule has 0 bridgehead atoms. The van der Waals surface area contributed by atoms with Crippen LogP contribution in [0, 0.1) is 0 Å². The summed E-state index contributed by atoms with van der Waals surface area (Å²) in [6, 6.07) is 0.663. The van der Waals surface area contributed by atoms with Crippen LogP contribution in [0.1, 0.15) is 35.8 Å². The van der Waals surface area contributed by atoms with Gasteiger partial charge in [0, 0.05) is 44.1 Å². The van der Waals surface area contributed by atoms with Crippen molar-refractivity contribution in [1.82, 2.24) is 20.2 Å². The Morgan fingerprint density at radius 3 is 2.80 bits per heavy atom. The van der Waals surface area contributed by atoms with Crippen molar-refractivity contribution in [2.45, 2.75) is 32.9 Å². The highest BCUT2D eigenvalue weighted by Gasteiger charge is 2.21. The van der Waals surface area contributed by atoms with E-state index in [2.05, 4.69) is 34.1 Å². The molecule has 6 nitrogen and oxygen atoms in total. The highest BCUT2D eigenvalue weighted by molar-refractivity contribution is 7.11. The van der Waals surface area contributed by atoms with Gasteiger partial charge in [-0.15, -0.1) is 11.3 Å². The molecule has 1 aromatic rings. The summed E-state index contributed by atoms with van der Waals surface area (Å²) in [4.78, 5) is 20.6. The first-order valence-corrected chi connectivity index (χ1v) is 7.93. The number of nitrogens with two attached hydrogens (primary N) is 1. The van der Waals surface area contributed by atoms with Gasteiger partial charge in [-0.1, -0.05) is 6.92 Å². The molecule has 20 heavy (non-hydrogen) atoms. The van der Waals surface area contributed by atoms with E-state index >= 15 is 0 Å². The van der Waals surface area contributed by atoms with Gasteiger partial charge >= 0.3 is 0 Å². The van der Waals surface area contributed by atoms with Crippen molar-refractivity contribution in [3.8, 4) is 0 Å². The van der Waals surface area contributed by atoms with E-state index in [4.69, 9.17) is 5.84 Å². The molecule has 2 rings (SSSR count). The van der Waals surface area contributed by atoms with E-state index < -0.39 is 0 Å². The summed E-state index contributed by atoms with van der Waals surface area (Å²) in [7, 11) is 0. The van der Waals surface area contributed by atoms with Gasteiger partial charge in [-0.2, -0.15) is 0 Å². The van der Waals surface area contributed by atoms with Crippen LogP contribution in [-0.2, 0) is 6.54 Å².